The third-order valence-corrected chi connectivity index (χ3v) is 6.68. The standard InChI is InChI=1S/C18H43N8P/c1-14-26(15-2)27(21-18(3,4)5,19-16(22(6)7)23(8)9)20-17(24(10)11)25(12)13/h14-15H2,1-13H3. The van der Waals surface area contributed by atoms with E-state index in [1.807, 2.05) is 76.0 Å². The van der Waals surface area contributed by atoms with Gasteiger partial charge in [0.2, 0.25) is 11.9 Å². The van der Waals surface area contributed by atoms with Gasteiger partial charge in [0.25, 0.3) is 7.51 Å². The molecule has 0 aromatic carbocycles. The second kappa shape index (κ2) is 10.3. The average Bonchev–Trinajstić information content (AvgIpc) is 2.48. The lowest BCUT2D eigenvalue weighted by Gasteiger charge is -2.35. The highest BCUT2D eigenvalue weighted by atomic mass is 31.2. The molecule has 27 heavy (non-hydrogen) atoms. The van der Waals surface area contributed by atoms with Crippen molar-refractivity contribution in [2.75, 3.05) is 69.5 Å². The molecule has 160 valence electrons. The summed E-state index contributed by atoms with van der Waals surface area (Å²) in [6.07, 6.45) is 0. The van der Waals surface area contributed by atoms with Crippen molar-refractivity contribution >= 4 is 19.4 Å². The van der Waals surface area contributed by atoms with Crippen molar-refractivity contribution in [3.63, 3.8) is 0 Å². The van der Waals surface area contributed by atoms with Gasteiger partial charge in [-0.15, -0.1) is 0 Å². The molecule has 0 rings (SSSR count). The zero-order chi connectivity index (χ0) is 21.6. The van der Waals surface area contributed by atoms with E-state index in [1.54, 1.807) is 0 Å². The smallest absolute Gasteiger partial charge is 0.262 e. The normalized spacial score (nSPS) is 11.8. The van der Waals surface area contributed by atoms with E-state index in [2.05, 4.69) is 39.3 Å². The Morgan fingerprint density at radius 2 is 0.963 bits per heavy atom. The van der Waals surface area contributed by atoms with Gasteiger partial charge in [0.1, 0.15) is 0 Å². The van der Waals surface area contributed by atoms with Crippen LogP contribution in [-0.2, 0) is 0 Å². The molecule has 0 unspecified atom stereocenters. The van der Waals surface area contributed by atoms with Crippen molar-refractivity contribution in [3.05, 3.63) is 0 Å². The lowest BCUT2D eigenvalue weighted by atomic mass is 10.1. The maximum atomic E-state index is 5.25. The summed E-state index contributed by atoms with van der Waals surface area (Å²) in [7, 11) is 13.5. The summed E-state index contributed by atoms with van der Waals surface area (Å²) in [4.78, 5) is 8.10. The molecule has 0 aliphatic rings. The fraction of sp³-hybridized carbons (Fsp3) is 0.889. The summed E-state index contributed by atoms with van der Waals surface area (Å²) in [5.74, 6) is 1.73. The first kappa shape index (κ1) is 25.7. The Balaban J connectivity index is 7.25. The summed E-state index contributed by atoms with van der Waals surface area (Å²) < 4.78 is 18.0. The molecule has 0 aromatic rings. The zero-order valence-electron chi connectivity index (χ0n) is 19.9. The second-order valence-corrected chi connectivity index (χ2v) is 10.6. The fourth-order valence-corrected chi connectivity index (χ4v) is 5.93. The number of guanidine groups is 2. The van der Waals surface area contributed by atoms with Gasteiger partial charge < -0.3 is 19.6 Å². The quantitative estimate of drug-likeness (QED) is 0.402. The Labute approximate surface area is 168 Å². The topological polar surface area (TPSA) is 53.3 Å². The van der Waals surface area contributed by atoms with Gasteiger partial charge in [0.05, 0.1) is 5.54 Å². The Bertz CT molecular complexity index is 512. The van der Waals surface area contributed by atoms with Crippen molar-refractivity contribution in [2.45, 2.75) is 40.2 Å². The molecule has 0 fully saturated rings. The van der Waals surface area contributed by atoms with Crippen molar-refractivity contribution in [1.82, 2.24) is 24.3 Å². The first-order chi connectivity index (χ1) is 12.2. The van der Waals surface area contributed by atoms with Crippen LogP contribution in [0.5, 0.6) is 0 Å². The zero-order valence-corrected chi connectivity index (χ0v) is 20.8. The van der Waals surface area contributed by atoms with Gasteiger partial charge in [-0.05, 0) is 20.8 Å². The number of hydrogen-bond acceptors (Lipinski definition) is 1. The number of hydrogen-bond donors (Lipinski definition) is 0. The van der Waals surface area contributed by atoms with E-state index < -0.39 is 7.51 Å². The van der Waals surface area contributed by atoms with Crippen LogP contribution in [-0.4, -0.2) is 111 Å². The Kier molecular flexibility index (Phi) is 9.84. The van der Waals surface area contributed by atoms with Crippen molar-refractivity contribution in [3.8, 4) is 0 Å². The van der Waals surface area contributed by atoms with Crippen LogP contribution in [0.1, 0.15) is 34.6 Å². The maximum absolute atomic E-state index is 5.25. The molecular formula is C18H43N8P. The van der Waals surface area contributed by atoms with Crippen LogP contribution in [0.3, 0.4) is 0 Å². The van der Waals surface area contributed by atoms with Gasteiger partial charge >= 0.3 is 0 Å². The predicted molar refractivity (Wildman–Crippen MR) is 122 cm³/mol. The van der Waals surface area contributed by atoms with E-state index in [0.29, 0.717) is 0 Å². The molecule has 0 heterocycles. The van der Waals surface area contributed by atoms with Crippen molar-refractivity contribution in [2.24, 2.45) is 14.3 Å². The van der Waals surface area contributed by atoms with Crippen LogP contribution in [0.25, 0.3) is 0 Å². The van der Waals surface area contributed by atoms with Crippen LogP contribution in [0, 0.1) is 0 Å². The van der Waals surface area contributed by atoms with Crippen LogP contribution in [0.4, 0.5) is 0 Å². The molecule has 0 saturated carbocycles. The van der Waals surface area contributed by atoms with Crippen LogP contribution in [0.15, 0.2) is 14.3 Å². The number of rotatable bonds is 5. The van der Waals surface area contributed by atoms with Gasteiger partial charge in [-0.1, -0.05) is 13.8 Å². The lowest BCUT2D eigenvalue weighted by molar-refractivity contribution is 0.466. The van der Waals surface area contributed by atoms with Crippen molar-refractivity contribution in [1.29, 1.82) is 0 Å². The molecule has 0 aromatic heterocycles. The maximum Gasteiger partial charge on any atom is 0.262 e. The third-order valence-electron chi connectivity index (χ3n) is 3.59. The SMILES string of the molecule is CCN(CC)P(N=C(N(C)C)N(C)C)(N=C(N(C)C)N(C)C)=NC(C)(C)C. The highest BCUT2D eigenvalue weighted by Gasteiger charge is 2.31. The van der Waals surface area contributed by atoms with Gasteiger partial charge in [0.15, 0.2) is 0 Å². The first-order valence-electron chi connectivity index (χ1n) is 9.49. The molecule has 9 heteroatoms. The summed E-state index contributed by atoms with van der Waals surface area (Å²) >= 11 is 0. The fourth-order valence-electron chi connectivity index (χ4n) is 2.66. The highest BCUT2D eigenvalue weighted by molar-refractivity contribution is 7.61. The molecule has 0 N–H and O–H groups in total. The van der Waals surface area contributed by atoms with E-state index in [-0.39, 0.29) is 5.54 Å². The summed E-state index contributed by atoms with van der Waals surface area (Å²) in [5.41, 5.74) is -0.267. The van der Waals surface area contributed by atoms with E-state index in [0.717, 1.165) is 25.0 Å². The summed E-state index contributed by atoms with van der Waals surface area (Å²) in [6.45, 7) is 12.3. The molecule has 0 amide bonds. The van der Waals surface area contributed by atoms with Gasteiger partial charge in [0, 0.05) is 69.5 Å². The minimum atomic E-state index is -2.59. The van der Waals surface area contributed by atoms with Crippen LogP contribution >= 0.6 is 7.51 Å². The Morgan fingerprint density at radius 3 is 1.15 bits per heavy atom. The minimum absolute atomic E-state index is 0.267. The van der Waals surface area contributed by atoms with Gasteiger partial charge in [-0.25, -0.2) is 9.42 Å². The molecule has 0 radical (unpaired) electrons. The molecule has 0 saturated heterocycles. The van der Waals surface area contributed by atoms with E-state index in [9.17, 15) is 0 Å². The molecule has 8 nitrogen and oxygen atoms in total. The second-order valence-electron chi connectivity index (χ2n) is 8.32. The Morgan fingerprint density at radius 1 is 0.667 bits per heavy atom. The molecule has 0 aliphatic carbocycles. The summed E-state index contributed by atoms with van der Waals surface area (Å²) in [5, 5.41) is 0. The largest absolute Gasteiger partial charge is 0.349 e. The first-order valence-corrected chi connectivity index (χ1v) is 11.1. The molecular weight excluding hydrogens is 359 g/mol. The summed E-state index contributed by atoms with van der Waals surface area (Å²) in [6, 6.07) is 0. The van der Waals surface area contributed by atoms with Crippen LogP contribution < -0.4 is 0 Å². The lowest BCUT2D eigenvalue weighted by Crippen LogP contribution is -2.38. The van der Waals surface area contributed by atoms with E-state index >= 15 is 0 Å². The van der Waals surface area contributed by atoms with Crippen molar-refractivity contribution < 1.29 is 0 Å². The molecule has 0 spiro atoms. The van der Waals surface area contributed by atoms with E-state index in [4.69, 9.17) is 14.3 Å². The average molecular weight is 403 g/mol. The monoisotopic (exact) mass is 402 g/mol. The van der Waals surface area contributed by atoms with Crippen LogP contribution in [0.2, 0.25) is 0 Å². The minimum Gasteiger partial charge on any atom is -0.349 e. The van der Waals surface area contributed by atoms with Gasteiger partial charge in [-0.2, -0.15) is 9.53 Å². The molecule has 0 atom stereocenters. The molecule has 0 bridgehead atoms. The predicted octanol–water partition coefficient (Wildman–Crippen LogP) is 3.03. The van der Waals surface area contributed by atoms with Gasteiger partial charge in [-0.3, -0.25) is 0 Å². The highest BCUT2D eigenvalue weighted by Crippen LogP contribution is 2.58. The molecule has 0 aliphatic heterocycles. The number of nitrogens with zero attached hydrogens (tertiary/aromatic N) is 8. The Hall–Kier alpha value is -1.27. The van der Waals surface area contributed by atoms with E-state index in [1.165, 1.54) is 0 Å². The third kappa shape index (κ3) is 7.70.